The Morgan fingerprint density at radius 2 is 1.91 bits per heavy atom. The van der Waals surface area contributed by atoms with E-state index in [2.05, 4.69) is 17.4 Å². The van der Waals surface area contributed by atoms with E-state index in [4.69, 9.17) is 9.47 Å². The molecule has 0 aliphatic carbocycles. The highest BCUT2D eigenvalue weighted by atomic mass is 16.5. The highest BCUT2D eigenvalue weighted by Crippen LogP contribution is 2.43. The number of benzene rings is 2. The molecule has 3 rings (SSSR count). The standard InChI is InChI=1S/C19H21NO3/c1-22-15-11-16-19(17(12-15)23-2)14(10-18(21)20-16)9-8-13-6-4-3-5-7-13/h3-7,11-12,14H,8-10H2,1-2H3,(H,20,21)/t14-/m0/s1. The Labute approximate surface area is 136 Å². The number of methoxy groups -OCH3 is 2. The van der Waals surface area contributed by atoms with Gasteiger partial charge in [0.2, 0.25) is 5.91 Å². The summed E-state index contributed by atoms with van der Waals surface area (Å²) in [5, 5.41) is 2.94. The monoisotopic (exact) mass is 311 g/mol. The van der Waals surface area contributed by atoms with E-state index in [-0.39, 0.29) is 11.8 Å². The van der Waals surface area contributed by atoms with Gasteiger partial charge in [0.15, 0.2) is 0 Å². The molecule has 1 atom stereocenters. The van der Waals surface area contributed by atoms with Gasteiger partial charge in [0.1, 0.15) is 11.5 Å². The molecule has 0 unspecified atom stereocenters. The van der Waals surface area contributed by atoms with Crippen molar-refractivity contribution < 1.29 is 14.3 Å². The Morgan fingerprint density at radius 3 is 2.61 bits per heavy atom. The molecule has 23 heavy (non-hydrogen) atoms. The van der Waals surface area contributed by atoms with E-state index >= 15 is 0 Å². The van der Waals surface area contributed by atoms with Gasteiger partial charge in [-0.05, 0) is 24.3 Å². The quantitative estimate of drug-likeness (QED) is 0.914. The molecular weight excluding hydrogens is 290 g/mol. The van der Waals surface area contributed by atoms with Crippen molar-refractivity contribution in [1.82, 2.24) is 0 Å². The summed E-state index contributed by atoms with van der Waals surface area (Å²) in [4.78, 5) is 12.1. The fraction of sp³-hybridized carbons (Fsp3) is 0.316. The zero-order valence-electron chi connectivity index (χ0n) is 13.5. The van der Waals surface area contributed by atoms with Crippen molar-refractivity contribution in [2.75, 3.05) is 19.5 Å². The van der Waals surface area contributed by atoms with Crippen LogP contribution in [-0.4, -0.2) is 20.1 Å². The molecule has 1 aliphatic heterocycles. The molecule has 0 spiro atoms. The average Bonchev–Trinajstić information content (AvgIpc) is 2.59. The van der Waals surface area contributed by atoms with Crippen molar-refractivity contribution in [3.8, 4) is 11.5 Å². The summed E-state index contributed by atoms with van der Waals surface area (Å²) >= 11 is 0. The van der Waals surface area contributed by atoms with Gasteiger partial charge in [0.05, 0.1) is 19.9 Å². The van der Waals surface area contributed by atoms with Crippen LogP contribution in [0.2, 0.25) is 0 Å². The third kappa shape index (κ3) is 3.31. The highest BCUT2D eigenvalue weighted by Gasteiger charge is 2.29. The van der Waals surface area contributed by atoms with Crippen LogP contribution in [0.15, 0.2) is 42.5 Å². The lowest BCUT2D eigenvalue weighted by atomic mass is 9.85. The second kappa shape index (κ2) is 6.73. The second-order valence-corrected chi connectivity index (χ2v) is 5.76. The van der Waals surface area contributed by atoms with E-state index in [1.54, 1.807) is 14.2 Å². The predicted octanol–water partition coefficient (Wildman–Crippen LogP) is 3.76. The topological polar surface area (TPSA) is 47.6 Å². The number of aryl methyl sites for hydroxylation is 1. The molecule has 4 nitrogen and oxygen atoms in total. The molecule has 0 saturated carbocycles. The molecular formula is C19H21NO3. The average molecular weight is 311 g/mol. The molecule has 0 fully saturated rings. The van der Waals surface area contributed by atoms with Gasteiger partial charge < -0.3 is 14.8 Å². The molecule has 4 heteroatoms. The van der Waals surface area contributed by atoms with E-state index in [0.29, 0.717) is 12.2 Å². The van der Waals surface area contributed by atoms with Crippen molar-refractivity contribution in [1.29, 1.82) is 0 Å². The number of rotatable bonds is 5. The number of carbonyl (C=O) groups is 1. The minimum absolute atomic E-state index is 0.0471. The van der Waals surface area contributed by atoms with Crippen LogP contribution in [0.25, 0.3) is 0 Å². The fourth-order valence-corrected chi connectivity index (χ4v) is 3.17. The van der Waals surface area contributed by atoms with Gasteiger partial charge in [0, 0.05) is 24.1 Å². The molecule has 1 aliphatic rings. The van der Waals surface area contributed by atoms with Gasteiger partial charge >= 0.3 is 0 Å². The number of hydrogen-bond donors (Lipinski definition) is 1. The number of amides is 1. The first-order valence-corrected chi connectivity index (χ1v) is 7.81. The van der Waals surface area contributed by atoms with Crippen molar-refractivity contribution in [3.63, 3.8) is 0 Å². The molecule has 2 aromatic carbocycles. The van der Waals surface area contributed by atoms with Crippen LogP contribution in [0.4, 0.5) is 5.69 Å². The zero-order valence-corrected chi connectivity index (χ0v) is 13.5. The van der Waals surface area contributed by atoms with Gasteiger partial charge in [-0.15, -0.1) is 0 Å². The van der Waals surface area contributed by atoms with Crippen LogP contribution in [0.3, 0.4) is 0 Å². The molecule has 1 N–H and O–H groups in total. The van der Waals surface area contributed by atoms with E-state index in [1.807, 2.05) is 30.3 Å². The van der Waals surface area contributed by atoms with Crippen LogP contribution in [-0.2, 0) is 11.2 Å². The summed E-state index contributed by atoms with van der Waals surface area (Å²) < 4.78 is 10.8. The number of nitrogens with one attached hydrogen (secondary N) is 1. The predicted molar refractivity (Wildman–Crippen MR) is 90.3 cm³/mol. The molecule has 0 aromatic heterocycles. The molecule has 1 heterocycles. The van der Waals surface area contributed by atoms with Crippen molar-refractivity contribution in [3.05, 3.63) is 53.6 Å². The van der Waals surface area contributed by atoms with Crippen LogP contribution >= 0.6 is 0 Å². The van der Waals surface area contributed by atoms with Gasteiger partial charge in [-0.25, -0.2) is 0 Å². The Bertz CT molecular complexity index is 697. The van der Waals surface area contributed by atoms with Gasteiger partial charge in [-0.2, -0.15) is 0 Å². The third-order valence-corrected chi connectivity index (χ3v) is 4.31. The summed E-state index contributed by atoms with van der Waals surface area (Å²) in [7, 11) is 3.26. The van der Waals surface area contributed by atoms with E-state index in [9.17, 15) is 4.79 Å². The summed E-state index contributed by atoms with van der Waals surface area (Å²) in [6, 6.07) is 14.1. The Balaban J connectivity index is 1.89. The van der Waals surface area contributed by atoms with Gasteiger partial charge in [0.25, 0.3) is 0 Å². The molecule has 2 aromatic rings. The number of hydrogen-bond acceptors (Lipinski definition) is 3. The smallest absolute Gasteiger partial charge is 0.225 e. The Kier molecular flexibility index (Phi) is 4.51. The summed E-state index contributed by atoms with van der Waals surface area (Å²) in [6.07, 6.45) is 2.34. The lowest BCUT2D eigenvalue weighted by molar-refractivity contribution is -0.116. The normalized spacial score (nSPS) is 16.4. The van der Waals surface area contributed by atoms with Crippen molar-refractivity contribution in [2.24, 2.45) is 0 Å². The fourth-order valence-electron chi connectivity index (χ4n) is 3.17. The summed E-state index contributed by atoms with van der Waals surface area (Å²) in [6.45, 7) is 0. The maximum atomic E-state index is 12.1. The number of fused-ring (bicyclic) bond motifs is 1. The first kappa shape index (κ1) is 15.4. The lowest BCUT2D eigenvalue weighted by Crippen LogP contribution is -2.24. The van der Waals surface area contributed by atoms with Crippen molar-refractivity contribution in [2.45, 2.75) is 25.2 Å². The number of anilines is 1. The summed E-state index contributed by atoms with van der Waals surface area (Å²) in [5.74, 6) is 1.66. The molecule has 120 valence electrons. The van der Waals surface area contributed by atoms with E-state index in [0.717, 1.165) is 29.8 Å². The highest BCUT2D eigenvalue weighted by molar-refractivity contribution is 5.95. The van der Waals surface area contributed by atoms with Crippen LogP contribution < -0.4 is 14.8 Å². The molecule has 0 radical (unpaired) electrons. The third-order valence-electron chi connectivity index (χ3n) is 4.31. The lowest BCUT2D eigenvalue weighted by Gasteiger charge is -2.28. The molecule has 0 saturated heterocycles. The maximum Gasteiger partial charge on any atom is 0.225 e. The Hall–Kier alpha value is -2.49. The van der Waals surface area contributed by atoms with Gasteiger partial charge in [-0.1, -0.05) is 30.3 Å². The first-order valence-electron chi connectivity index (χ1n) is 7.81. The van der Waals surface area contributed by atoms with Crippen LogP contribution in [0.1, 0.15) is 29.9 Å². The SMILES string of the molecule is COc1cc2c(c(OC)c1)[C@@H](CCc1ccccc1)CC(=O)N2. The van der Waals surface area contributed by atoms with E-state index in [1.165, 1.54) is 5.56 Å². The van der Waals surface area contributed by atoms with Gasteiger partial charge in [-0.3, -0.25) is 4.79 Å². The minimum Gasteiger partial charge on any atom is -0.497 e. The maximum absolute atomic E-state index is 12.1. The van der Waals surface area contributed by atoms with E-state index < -0.39 is 0 Å². The Morgan fingerprint density at radius 1 is 1.13 bits per heavy atom. The number of carbonyl (C=O) groups excluding carboxylic acids is 1. The first-order chi connectivity index (χ1) is 11.2. The second-order valence-electron chi connectivity index (χ2n) is 5.76. The summed E-state index contributed by atoms with van der Waals surface area (Å²) in [5.41, 5.74) is 3.16. The zero-order chi connectivity index (χ0) is 16.2. The number of ether oxygens (including phenoxy) is 2. The molecule has 0 bridgehead atoms. The molecule has 1 amide bonds. The van der Waals surface area contributed by atoms with Crippen LogP contribution in [0.5, 0.6) is 11.5 Å². The minimum atomic E-state index is 0.0471. The van der Waals surface area contributed by atoms with Crippen molar-refractivity contribution >= 4 is 11.6 Å². The largest absolute Gasteiger partial charge is 0.497 e. The van der Waals surface area contributed by atoms with Crippen LogP contribution in [0, 0.1) is 0 Å².